The van der Waals surface area contributed by atoms with Crippen LogP contribution in [-0.2, 0) is 6.67 Å². The summed E-state index contributed by atoms with van der Waals surface area (Å²) in [5.41, 5.74) is 0.493. The Morgan fingerprint density at radius 3 is 2.75 bits per heavy atom. The number of hydrogen-bond acceptors (Lipinski definition) is 4. The molecule has 1 aromatic heterocycles. The van der Waals surface area contributed by atoms with E-state index in [9.17, 15) is 9.50 Å². The monoisotopic (exact) mass is 348 g/mol. The van der Waals surface area contributed by atoms with Crippen LogP contribution in [-0.4, -0.2) is 43.5 Å². The molecule has 0 radical (unpaired) electrons. The highest BCUT2D eigenvalue weighted by atomic mass is 32.1. The summed E-state index contributed by atoms with van der Waals surface area (Å²) in [4.78, 5) is 2.15. The van der Waals surface area contributed by atoms with Gasteiger partial charge in [-0.1, -0.05) is 12.1 Å². The van der Waals surface area contributed by atoms with Gasteiger partial charge in [-0.3, -0.25) is 9.47 Å². The van der Waals surface area contributed by atoms with Crippen molar-refractivity contribution in [2.45, 2.75) is 44.5 Å². The smallest absolute Gasteiger partial charge is 0.199 e. The third kappa shape index (κ3) is 3.03. The normalized spacial score (nSPS) is 22.0. The second-order valence-electron chi connectivity index (χ2n) is 6.70. The number of halogens is 1. The maximum absolute atomic E-state index is 14.2. The number of aliphatic hydroxyl groups excluding tert-OH is 1. The quantitative estimate of drug-likeness (QED) is 0.863. The van der Waals surface area contributed by atoms with Crippen molar-refractivity contribution < 1.29 is 9.50 Å². The first kappa shape index (κ1) is 15.9. The summed E-state index contributed by atoms with van der Waals surface area (Å²) in [6.45, 7) is 2.09. The van der Waals surface area contributed by atoms with Gasteiger partial charge in [-0.15, -0.1) is 0 Å². The van der Waals surface area contributed by atoms with Crippen LogP contribution in [0.3, 0.4) is 0 Å². The van der Waals surface area contributed by atoms with E-state index in [2.05, 4.69) is 10.00 Å². The molecule has 4 rings (SSSR count). The van der Waals surface area contributed by atoms with Crippen LogP contribution in [0.15, 0.2) is 24.3 Å². The van der Waals surface area contributed by atoms with Crippen LogP contribution in [0.4, 0.5) is 4.39 Å². The van der Waals surface area contributed by atoms with E-state index in [0.717, 1.165) is 32.2 Å². The van der Waals surface area contributed by atoms with Crippen LogP contribution in [0.2, 0.25) is 0 Å². The summed E-state index contributed by atoms with van der Waals surface area (Å²) in [5, 5.41) is 14.5. The molecule has 0 amide bonds. The van der Waals surface area contributed by atoms with Crippen molar-refractivity contribution in [3.63, 3.8) is 0 Å². The number of piperidine rings is 1. The van der Waals surface area contributed by atoms with E-state index in [-0.39, 0.29) is 11.9 Å². The Bertz CT molecular complexity index is 798. The van der Waals surface area contributed by atoms with Crippen LogP contribution in [0.1, 0.15) is 31.7 Å². The molecule has 5 nitrogen and oxygen atoms in total. The molecule has 7 heteroatoms. The summed E-state index contributed by atoms with van der Waals surface area (Å²) < 4.78 is 18.7. The van der Waals surface area contributed by atoms with Gasteiger partial charge in [0.25, 0.3) is 0 Å². The van der Waals surface area contributed by atoms with E-state index in [1.165, 1.54) is 6.07 Å². The van der Waals surface area contributed by atoms with Crippen molar-refractivity contribution in [2.75, 3.05) is 13.1 Å². The molecule has 2 aliphatic rings. The molecule has 0 unspecified atom stereocenters. The lowest BCUT2D eigenvalue weighted by Gasteiger charge is -2.29. The minimum Gasteiger partial charge on any atom is -0.392 e. The Hall–Kier alpha value is -1.57. The zero-order chi connectivity index (χ0) is 16.7. The number of benzene rings is 1. The first-order chi connectivity index (χ1) is 11.6. The van der Waals surface area contributed by atoms with Crippen LogP contribution in [0, 0.1) is 10.6 Å². The van der Waals surface area contributed by atoms with Gasteiger partial charge in [0.15, 0.2) is 10.6 Å². The average Bonchev–Trinajstić information content (AvgIpc) is 3.34. The molecular weight excluding hydrogens is 327 g/mol. The minimum absolute atomic E-state index is 0.278. The van der Waals surface area contributed by atoms with Gasteiger partial charge in [-0.2, -0.15) is 5.10 Å². The number of aromatic nitrogens is 3. The molecule has 1 N–H and O–H groups in total. The van der Waals surface area contributed by atoms with Crippen molar-refractivity contribution in [3.05, 3.63) is 34.9 Å². The van der Waals surface area contributed by atoms with E-state index in [1.54, 1.807) is 16.8 Å². The van der Waals surface area contributed by atoms with Crippen molar-refractivity contribution in [1.82, 2.24) is 19.2 Å². The zero-order valence-corrected chi connectivity index (χ0v) is 14.3. The SMILES string of the molecule is O[C@H]1CCCN(Cn2nc(-c3ccccc3F)n(C3CC3)c2=S)C1. The molecule has 24 heavy (non-hydrogen) atoms. The van der Waals surface area contributed by atoms with Gasteiger partial charge in [0.05, 0.1) is 18.3 Å². The van der Waals surface area contributed by atoms with E-state index in [1.807, 2.05) is 10.6 Å². The van der Waals surface area contributed by atoms with Gasteiger partial charge in [0, 0.05) is 19.1 Å². The molecular formula is C17H21FN4OS. The fourth-order valence-electron chi connectivity index (χ4n) is 3.35. The molecule has 1 saturated carbocycles. The van der Waals surface area contributed by atoms with Gasteiger partial charge in [0.1, 0.15) is 5.82 Å². The second kappa shape index (κ2) is 6.38. The first-order valence-corrected chi connectivity index (χ1v) is 8.89. The Morgan fingerprint density at radius 1 is 1.25 bits per heavy atom. The molecule has 2 fully saturated rings. The van der Waals surface area contributed by atoms with Gasteiger partial charge in [0.2, 0.25) is 0 Å². The average molecular weight is 348 g/mol. The molecule has 2 aromatic rings. The lowest BCUT2D eigenvalue weighted by molar-refractivity contribution is 0.0512. The second-order valence-corrected chi connectivity index (χ2v) is 7.07. The van der Waals surface area contributed by atoms with E-state index in [0.29, 0.717) is 35.4 Å². The molecule has 2 heterocycles. The summed E-state index contributed by atoms with van der Waals surface area (Å²) in [6.07, 6.45) is 3.65. The summed E-state index contributed by atoms with van der Waals surface area (Å²) in [5.74, 6) is 0.332. The van der Waals surface area contributed by atoms with E-state index in [4.69, 9.17) is 12.2 Å². The van der Waals surface area contributed by atoms with E-state index < -0.39 is 0 Å². The van der Waals surface area contributed by atoms with Crippen molar-refractivity contribution in [3.8, 4) is 11.4 Å². The summed E-state index contributed by atoms with van der Waals surface area (Å²) in [7, 11) is 0. The zero-order valence-electron chi connectivity index (χ0n) is 13.4. The third-order valence-corrected chi connectivity index (χ3v) is 5.12. The molecule has 1 aliphatic heterocycles. The Morgan fingerprint density at radius 2 is 2.04 bits per heavy atom. The summed E-state index contributed by atoms with van der Waals surface area (Å²) in [6, 6.07) is 7.03. The summed E-state index contributed by atoms with van der Waals surface area (Å²) >= 11 is 5.62. The molecule has 128 valence electrons. The Balaban J connectivity index is 1.70. The third-order valence-electron chi connectivity index (χ3n) is 4.71. The molecule has 1 aliphatic carbocycles. The first-order valence-electron chi connectivity index (χ1n) is 8.48. The molecule has 1 aromatic carbocycles. The van der Waals surface area contributed by atoms with Crippen LogP contribution >= 0.6 is 12.2 Å². The van der Waals surface area contributed by atoms with Gasteiger partial charge < -0.3 is 5.11 Å². The number of likely N-dealkylation sites (tertiary alicyclic amines) is 1. The topological polar surface area (TPSA) is 46.2 Å². The standard InChI is InChI=1S/C17H21FN4OS/c18-15-6-2-1-5-14(15)16-19-21(17(24)22(16)12-7-8-12)11-20-9-3-4-13(23)10-20/h1-2,5-6,12-13,23H,3-4,7-11H2/t13-/m0/s1. The fourth-order valence-corrected chi connectivity index (χ4v) is 3.68. The van der Waals surface area contributed by atoms with Gasteiger partial charge in [-0.05, 0) is 50.0 Å². The molecule has 1 atom stereocenters. The Labute approximate surface area is 145 Å². The highest BCUT2D eigenvalue weighted by Crippen LogP contribution is 2.39. The predicted molar refractivity (Wildman–Crippen MR) is 91.5 cm³/mol. The van der Waals surface area contributed by atoms with Crippen molar-refractivity contribution in [2.24, 2.45) is 0 Å². The maximum Gasteiger partial charge on any atom is 0.199 e. The molecule has 0 spiro atoms. The number of hydrogen-bond donors (Lipinski definition) is 1. The van der Waals surface area contributed by atoms with E-state index >= 15 is 0 Å². The Kier molecular flexibility index (Phi) is 4.24. The fraction of sp³-hybridized carbons (Fsp3) is 0.529. The predicted octanol–water partition coefficient (Wildman–Crippen LogP) is 2.97. The highest BCUT2D eigenvalue weighted by Gasteiger charge is 2.30. The van der Waals surface area contributed by atoms with Gasteiger partial charge >= 0.3 is 0 Å². The van der Waals surface area contributed by atoms with Crippen molar-refractivity contribution >= 4 is 12.2 Å². The van der Waals surface area contributed by atoms with Crippen molar-refractivity contribution in [1.29, 1.82) is 0 Å². The highest BCUT2D eigenvalue weighted by molar-refractivity contribution is 7.71. The molecule has 1 saturated heterocycles. The lowest BCUT2D eigenvalue weighted by atomic mass is 10.1. The largest absolute Gasteiger partial charge is 0.392 e. The van der Waals surface area contributed by atoms with Crippen LogP contribution in [0.5, 0.6) is 0 Å². The van der Waals surface area contributed by atoms with Crippen LogP contribution in [0.25, 0.3) is 11.4 Å². The maximum atomic E-state index is 14.2. The lowest BCUT2D eigenvalue weighted by Crippen LogP contribution is -2.39. The number of nitrogens with zero attached hydrogens (tertiary/aromatic N) is 4. The number of aliphatic hydroxyl groups is 1. The van der Waals surface area contributed by atoms with Gasteiger partial charge in [-0.25, -0.2) is 9.07 Å². The number of rotatable bonds is 4. The minimum atomic E-state index is -0.288. The molecule has 0 bridgehead atoms. The number of β-amino-alcohol motifs (C(OH)–C–C–N with tert-alkyl or cyclic N) is 1. The van der Waals surface area contributed by atoms with Crippen LogP contribution < -0.4 is 0 Å².